The Balaban J connectivity index is 2.26. The van der Waals surface area contributed by atoms with Gasteiger partial charge >= 0.3 is 6.18 Å². The van der Waals surface area contributed by atoms with Gasteiger partial charge in [-0.05, 0) is 37.9 Å². The van der Waals surface area contributed by atoms with Gasteiger partial charge in [-0.1, -0.05) is 0 Å². The lowest BCUT2D eigenvalue weighted by Crippen LogP contribution is -2.30. The maximum atomic E-state index is 12.4. The summed E-state index contributed by atoms with van der Waals surface area (Å²) in [5.41, 5.74) is 0.888. The number of hydrogen-bond acceptors (Lipinski definition) is 2. The zero-order chi connectivity index (χ0) is 11.1. The molecule has 2 rings (SSSR count). The molecule has 84 valence electrons. The maximum Gasteiger partial charge on any atom is 0.425 e. The quantitative estimate of drug-likeness (QED) is 0.789. The van der Waals surface area contributed by atoms with Crippen LogP contribution in [-0.2, 0) is 19.0 Å². The highest BCUT2D eigenvalue weighted by Gasteiger charge is 2.34. The number of likely N-dealkylation sites (N-methyl/N-ethyl adjacent to an activating group) is 1. The molecule has 1 aliphatic carbocycles. The molecule has 1 aromatic heterocycles. The van der Waals surface area contributed by atoms with Gasteiger partial charge in [0, 0.05) is 10.9 Å². The molecule has 1 aromatic rings. The Labute approximate surface area is 90.3 Å². The summed E-state index contributed by atoms with van der Waals surface area (Å²) in [6.45, 7) is 0. The Morgan fingerprint density at radius 2 is 2.20 bits per heavy atom. The van der Waals surface area contributed by atoms with E-state index in [0.717, 1.165) is 41.0 Å². The first-order valence-electron chi connectivity index (χ1n) is 4.86. The molecule has 1 unspecified atom stereocenters. The third kappa shape index (κ3) is 2.18. The molecule has 0 saturated heterocycles. The Morgan fingerprint density at radius 3 is 2.80 bits per heavy atom. The molecule has 15 heavy (non-hydrogen) atoms. The molecule has 0 saturated carbocycles. The number of rotatable bonds is 1. The van der Waals surface area contributed by atoms with Gasteiger partial charge in [0.05, 0.1) is 0 Å². The number of alkyl halides is 3. The lowest BCUT2D eigenvalue weighted by molar-refractivity contribution is -0.134. The molecule has 0 spiro atoms. The van der Waals surface area contributed by atoms with Crippen molar-refractivity contribution < 1.29 is 13.2 Å². The minimum atomic E-state index is -4.18. The Hall–Kier alpha value is -0.550. The van der Waals surface area contributed by atoms with E-state index in [1.807, 2.05) is 7.05 Å². The summed E-state index contributed by atoms with van der Waals surface area (Å²) >= 11 is 0.896. The fourth-order valence-electron chi connectivity index (χ4n) is 1.89. The van der Waals surface area contributed by atoms with Crippen LogP contribution in [0, 0.1) is 0 Å². The number of hydrogen-bond donors (Lipinski definition) is 1. The van der Waals surface area contributed by atoms with E-state index in [1.54, 1.807) is 0 Å². The molecule has 1 N–H and O–H groups in total. The molecule has 0 fully saturated rings. The normalized spacial score (nSPS) is 21.5. The van der Waals surface area contributed by atoms with Gasteiger partial charge in [-0.15, -0.1) is 11.3 Å². The highest BCUT2D eigenvalue weighted by Crippen LogP contribution is 2.39. The molecular weight excluding hydrogens is 223 g/mol. The summed E-state index contributed by atoms with van der Waals surface area (Å²) < 4.78 is 37.3. The molecular formula is C10H12F3NS. The largest absolute Gasteiger partial charge is 0.425 e. The van der Waals surface area contributed by atoms with Crippen LogP contribution >= 0.6 is 11.3 Å². The van der Waals surface area contributed by atoms with E-state index < -0.39 is 11.1 Å². The molecule has 0 radical (unpaired) electrons. The van der Waals surface area contributed by atoms with Gasteiger partial charge in [-0.2, -0.15) is 13.2 Å². The van der Waals surface area contributed by atoms with E-state index in [1.165, 1.54) is 6.07 Å². The van der Waals surface area contributed by atoms with Gasteiger partial charge in [0.15, 0.2) is 0 Å². The van der Waals surface area contributed by atoms with Gasteiger partial charge in [-0.3, -0.25) is 0 Å². The lowest BCUT2D eigenvalue weighted by Gasteiger charge is -2.20. The molecule has 5 heteroatoms. The van der Waals surface area contributed by atoms with E-state index in [9.17, 15) is 13.2 Å². The van der Waals surface area contributed by atoms with Crippen molar-refractivity contribution in [1.82, 2.24) is 5.32 Å². The van der Waals surface area contributed by atoms with Crippen molar-refractivity contribution in [1.29, 1.82) is 0 Å². The van der Waals surface area contributed by atoms with Crippen LogP contribution in [0.1, 0.15) is 21.7 Å². The van der Waals surface area contributed by atoms with Crippen LogP contribution in [0.25, 0.3) is 0 Å². The zero-order valence-electron chi connectivity index (χ0n) is 8.32. The predicted molar refractivity (Wildman–Crippen MR) is 54.2 cm³/mol. The fraction of sp³-hybridized carbons (Fsp3) is 0.600. The van der Waals surface area contributed by atoms with Crippen LogP contribution in [0.2, 0.25) is 0 Å². The van der Waals surface area contributed by atoms with Gasteiger partial charge in [0.1, 0.15) is 4.88 Å². The molecule has 1 atom stereocenters. The fourth-order valence-corrected chi connectivity index (χ4v) is 3.05. The minimum Gasteiger partial charge on any atom is -0.317 e. The van der Waals surface area contributed by atoms with E-state index in [0.29, 0.717) is 6.04 Å². The number of halogens is 3. The van der Waals surface area contributed by atoms with Gasteiger partial charge < -0.3 is 5.32 Å². The first-order chi connectivity index (χ1) is 7.00. The average molecular weight is 235 g/mol. The Morgan fingerprint density at radius 1 is 1.47 bits per heavy atom. The third-order valence-corrected chi connectivity index (χ3v) is 4.02. The van der Waals surface area contributed by atoms with Crippen LogP contribution < -0.4 is 5.32 Å². The Kier molecular flexibility index (Phi) is 2.77. The maximum absolute atomic E-state index is 12.4. The van der Waals surface area contributed by atoms with E-state index in [2.05, 4.69) is 5.32 Å². The Bertz CT molecular complexity index is 356. The van der Waals surface area contributed by atoms with Crippen LogP contribution in [0.3, 0.4) is 0 Å². The van der Waals surface area contributed by atoms with Crippen molar-refractivity contribution in [2.45, 2.75) is 31.5 Å². The van der Waals surface area contributed by atoms with Crippen LogP contribution in [0.5, 0.6) is 0 Å². The molecule has 1 aliphatic rings. The van der Waals surface area contributed by atoms with Crippen molar-refractivity contribution in [3.05, 3.63) is 21.4 Å². The number of fused-ring (bicyclic) bond motifs is 1. The molecule has 1 nitrogen and oxygen atoms in total. The monoisotopic (exact) mass is 235 g/mol. The summed E-state index contributed by atoms with van der Waals surface area (Å²) in [5, 5.41) is 3.12. The second-order valence-corrected chi connectivity index (χ2v) is 4.92. The van der Waals surface area contributed by atoms with Crippen molar-refractivity contribution >= 4 is 11.3 Å². The average Bonchev–Trinajstić information content (AvgIpc) is 2.59. The van der Waals surface area contributed by atoms with Crippen LogP contribution in [-0.4, -0.2) is 13.1 Å². The smallest absolute Gasteiger partial charge is 0.317 e. The summed E-state index contributed by atoms with van der Waals surface area (Å²) in [7, 11) is 1.86. The van der Waals surface area contributed by atoms with Crippen LogP contribution in [0.15, 0.2) is 6.07 Å². The summed E-state index contributed by atoms with van der Waals surface area (Å²) in [4.78, 5) is 0.442. The number of thiophene rings is 1. The van der Waals surface area contributed by atoms with E-state index >= 15 is 0 Å². The van der Waals surface area contributed by atoms with E-state index in [-0.39, 0.29) is 0 Å². The second kappa shape index (κ2) is 3.79. The summed E-state index contributed by atoms with van der Waals surface area (Å²) in [5.74, 6) is 0. The molecule has 1 heterocycles. The highest BCUT2D eigenvalue weighted by molar-refractivity contribution is 7.12. The van der Waals surface area contributed by atoms with Crippen LogP contribution in [0.4, 0.5) is 13.2 Å². The molecule has 0 bridgehead atoms. The van der Waals surface area contributed by atoms with Crippen molar-refractivity contribution in [3.8, 4) is 0 Å². The van der Waals surface area contributed by atoms with Crippen molar-refractivity contribution in [3.63, 3.8) is 0 Å². The van der Waals surface area contributed by atoms with Gasteiger partial charge in [0.2, 0.25) is 0 Å². The van der Waals surface area contributed by atoms with Crippen molar-refractivity contribution in [2.75, 3.05) is 7.05 Å². The summed E-state index contributed by atoms with van der Waals surface area (Å²) in [6.07, 6.45) is -1.77. The first-order valence-corrected chi connectivity index (χ1v) is 5.68. The molecule has 0 amide bonds. The third-order valence-electron chi connectivity index (χ3n) is 2.78. The standard InChI is InChI=1S/C10H12F3NS/c1-14-7-3-2-6-4-9(10(11,12)13)15-8(6)5-7/h4,7,14H,2-3,5H2,1H3. The minimum absolute atomic E-state index is 0.331. The topological polar surface area (TPSA) is 12.0 Å². The predicted octanol–water partition coefficient (Wildman–Crippen LogP) is 2.84. The zero-order valence-corrected chi connectivity index (χ0v) is 9.13. The highest BCUT2D eigenvalue weighted by atomic mass is 32.1. The summed E-state index contributed by atoms with van der Waals surface area (Å²) in [6, 6.07) is 1.64. The SMILES string of the molecule is CNC1CCc2cc(C(F)(F)F)sc2C1. The molecule has 0 aliphatic heterocycles. The number of aryl methyl sites for hydroxylation is 1. The van der Waals surface area contributed by atoms with Crippen molar-refractivity contribution in [2.24, 2.45) is 0 Å². The first kappa shape index (κ1) is 11.0. The second-order valence-electron chi connectivity index (χ2n) is 3.79. The number of nitrogens with one attached hydrogen (secondary N) is 1. The van der Waals surface area contributed by atoms with Gasteiger partial charge in [0.25, 0.3) is 0 Å². The lowest BCUT2D eigenvalue weighted by atomic mass is 9.95. The van der Waals surface area contributed by atoms with E-state index in [4.69, 9.17) is 0 Å². The van der Waals surface area contributed by atoms with Gasteiger partial charge in [-0.25, -0.2) is 0 Å². The molecule has 0 aromatic carbocycles.